The number of amides is 1. The van der Waals surface area contributed by atoms with Gasteiger partial charge in [0.2, 0.25) is 5.91 Å². The number of fused-ring (bicyclic) bond motifs is 1. The first-order valence-electron chi connectivity index (χ1n) is 8.20. The van der Waals surface area contributed by atoms with E-state index in [9.17, 15) is 4.79 Å². The van der Waals surface area contributed by atoms with Crippen LogP contribution in [-0.2, 0) is 11.2 Å². The van der Waals surface area contributed by atoms with E-state index in [0.717, 1.165) is 44.3 Å². The zero-order valence-electron chi connectivity index (χ0n) is 13.2. The van der Waals surface area contributed by atoms with Gasteiger partial charge in [-0.1, -0.05) is 37.5 Å². The Balaban J connectivity index is 1.89. The fourth-order valence-electron chi connectivity index (χ4n) is 3.99. The largest absolute Gasteiger partial charge is 0.317 e. The molecule has 0 radical (unpaired) electrons. The summed E-state index contributed by atoms with van der Waals surface area (Å²) in [6.45, 7) is 5.12. The first-order valence-corrected chi connectivity index (χ1v) is 8.20. The average molecular weight is 286 g/mol. The fourth-order valence-corrected chi connectivity index (χ4v) is 3.99. The minimum atomic E-state index is -0.656. The molecule has 1 saturated carbocycles. The highest BCUT2D eigenvalue weighted by Gasteiger charge is 2.41. The maximum atomic E-state index is 13.1. The van der Waals surface area contributed by atoms with E-state index in [0.29, 0.717) is 5.92 Å². The van der Waals surface area contributed by atoms with Gasteiger partial charge in [0, 0.05) is 12.2 Å². The quantitative estimate of drug-likeness (QED) is 0.862. The molecule has 0 spiro atoms. The Labute approximate surface area is 127 Å². The second kappa shape index (κ2) is 5.45. The van der Waals surface area contributed by atoms with E-state index in [4.69, 9.17) is 5.73 Å². The van der Waals surface area contributed by atoms with Crippen molar-refractivity contribution in [2.45, 2.75) is 57.9 Å². The molecule has 0 aromatic heterocycles. The van der Waals surface area contributed by atoms with Gasteiger partial charge >= 0.3 is 0 Å². The molecule has 1 amide bonds. The number of hydrogen-bond donors (Lipinski definition) is 1. The van der Waals surface area contributed by atoms with Crippen LogP contribution in [0.4, 0.5) is 5.69 Å². The monoisotopic (exact) mass is 286 g/mol. The lowest BCUT2D eigenvalue weighted by atomic mass is 9.76. The molecule has 3 rings (SSSR count). The number of rotatable bonds is 1. The molecule has 2 aliphatic rings. The highest BCUT2D eigenvalue weighted by molar-refractivity contribution is 6.01. The summed E-state index contributed by atoms with van der Waals surface area (Å²) in [7, 11) is 0. The van der Waals surface area contributed by atoms with E-state index in [1.807, 2.05) is 4.90 Å². The second-order valence-electron chi connectivity index (χ2n) is 7.05. The molecule has 1 aromatic carbocycles. The van der Waals surface area contributed by atoms with E-state index < -0.39 is 5.54 Å². The number of anilines is 1. The van der Waals surface area contributed by atoms with Crippen LogP contribution < -0.4 is 10.6 Å². The molecule has 2 atom stereocenters. The Kier molecular flexibility index (Phi) is 3.78. The highest BCUT2D eigenvalue weighted by atomic mass is 16.2. The van der Waals surface area contributed by atoms with Crippen molar-refractivity contribution in [2.24, 2.45) is 11.7 Å². The van der Waals surface area contributed by atoms with E-state index in [-0.39, 0.29) is 5.91 Å². The van der Waals surface area contributed by atoms with Crippen molar-refractivity contribution in [3.63, 3.8) is 0 Å². The number of hydrogen-bond acceptors (Lipinski definition) is 2. The number of carbonyl (C=O) groups is 1. The molecule has 114 valence electrons. The number of nitrogens with two attached hydrogens (primary N) is 1. The van der Waals surface area contributed by atoms with Gasteiger partial charge in [0.15, 0.2) is 0 Å². The van der Waals surface area contributed by atoms with Crippen molar-refractivity contribution in [3.8, 4) is 0 Å². The fraction of sp³-hybridized carbons (Fsp3) is 0.611. The van der Waals surface area contributed by atoms with Crippen LogP contribution in [0.3, 0.4) is 0 Å². The minimum Gasteiger partial charge on any atom is -0.317 e. The normalized spacial score (nSPS) is 29.1. The molecule has 0 saturated heterocycles. The van der Waals surface area contributed by atoms with Crippen LogP contribution in [0.1, 0.15) is 50.2 Å². The van der Waals surface area contributed by atoms with Gasteiger partial charge in [-0.05, 0) is 50.2 Å². The van der Waals surface area contributed by atoms with Crippen molar-refractivity contribution in [1.82, 2.24) is 0 Å². The summed E-state index contributed by atoms with van der Waals surface area (Å²) in [5, 5.41) is 0. The van der Waals surface area contributed by atoms with Crippen LogP contribution in [0.5, 0.6) is 0 Å². The highest BCUT2D eigenvalue weighted by Crippen LogP contribution is 2.35. The summed E-state index contributed by atoms with van der Waals surface area (Å²) in [6.07, 6.45) is 6.01. The molecule has 2 unspecified atom stereocenters. The molecule has 3 nitrogen and oxygen atoms in total. The van der Waals surface area contributed by atoms with Crippen molar-refractivity contribution in [3.05, 3.63) is 29.3 Å². The smallest absolute Gasteiger partial charge is 0.247 e. The zero-order valence-corrected chi connectivity index (χ0v) is 13.2. The van der Waals surface area contributed by atoms with Crippen LogP contribution in [0, 0.1) is 12.8 Å². The van der Waals surface area contributed by atoms with Gasteiger partial charge in [-0.15, -0.1) is 0 Å². The van der Waals surface area contributed by atoms with E-state index in [1.165, 1.54) is 17.5 Å². The Bertz CT molecular complexity index is 554. The van der Waals surface area contributed by atoms with Crippen molar-refractivity contribution in [2.75, 3.05) is 11.4 Å². The predicted molar refractivity (Wildman–Crippen MR) is 86.4 cm³/mol. The molecule has 0 bridgehead atoms. The van der Waals surface area contributed by atoms with Crippen LogP contribution in [0.15, 0.2) is 18.2 Å². The Hall–Kier alpha value is -1.35. The maximum Gasteiger partial charge on any atom is 0.247 e. The van der Waals surface area contributed by atoms with Gasteiger partial charge < -0.3 is 10.6 Å². The molecule has 1 heterocycles. The third-order valence-electron chi connectivity index (χ3n) is 5.06. The molecule has 1 fully saturated rings. The van der Waals surface area contributed by atoms with Crippen LogP contribution >= 0.6 is 0 Å². The third kappa shape index (κ3) is 2.71. The third-order valence-corrected chi connectivity index (χ3v) is 5.06. The lowest BCUT2D eigenvalue weighted by Gasteiger charge is -2.41. The topological polar surface area (TPSA) is 46.3 Å². The maximum absolute atomic E-state index is 13.1. The summed E-state index contributed by atoms with van der Waals surface area (Å²) in [5.74, 6) is 0.689. The zero-order chi connectivity index (χ0) is 15.0. The minimum absolute atomic E-state index is 0.138. The Morgan fingerprint density at radius 2 is 2.19 bits per heavy atom. The molecule has 1 aliphatic carbocycles. The molecular formula is C18H26N2O. The summed E-state index contributed by atoms with van der Waals surface area (Å²) in [5.41, 5.74) is 9.50. The van der Waals surface area contributed by atoms with Crippen LogP contribution in [-0.4, -0.2) is 18.0 Å². The second-order valence-corrected chi connectivity index (χ2v) is 7.05. The first-order chi connectivity index (χ1) is 9.99. The van der Waals surface area contributed by atoms with Gasteiger partial charge in [0.25, 0.3) is 0 Å². The van der Waals surface area contributed by atoms with E-state index >= 15 is 0 Å². The van der Waals surface area contributed by atoms with Crippen LogP contribution in [0.25, 0.3) is 0 Å². The van der Waals surface area contributed by atoms with Crippen molar-refractivity contribution in [1.29, 1.82) is 0 Å². The average Bonchev–Trinajstić information content (AvgIpc) is 2.45. The Morgan fingerprint density at radius 1 is 1.38 bits per heavy atom. The van der Waals surface area contributed by atoms with E-state index in [1.54, 1.807) is 0 Å². The summed E-state index contributed by atoms with van der Waals surface area (Å²) < 4.78 is 0. The van der Waals surface area contributed by atoms with Crippen molar-refractivity contribution >= 4 is 11.6 Å². The number of carbonyl (C=O) groups excluding carboxylic acids is 1. The van der Waals surface area contributed by atoms with Gasteiger partial charge in [-0.3, -0.25) is 4.79 Å². The molecular weight excluding hydrogens is 260 g/mol. The van der Waals surface area contributed by atoms with Crippen LogP contribution in [0.2, 0.25) is 0 Å². The van der Waals surface area contributed by atoms with Gasteiger partial charge in [0.05, 0.1) is 5.54 Å². The van der Waals surface area contributed by atoms with Gasteiger partial charge in [-0.2, -0.15) is 0 Å². The molecule has 21 heavy (non-hydrogen) atoms. The first kappa shape index (κ1) is 14.6. The summed E-state index contributed by atoms with van der Waals surface area (Å²) in [4.78, 5) is 15.0. The van der Waals surface area contributed by atoms with Crippen molar-refractivity contribution < 1.29 is 4.79 Å². The summed E-state index contributed by atoms with van der Waals surface area (Å²) >= 11 is 0. The van der Waals surface area contributed by atoms with E-state index in [2.05, 4.69) is 32.0 Å². The molecule has 1 aliphatic heterocycles. The lowest BCUT2D eigenvalue weighted by molar-refractivity contribution is -0.125. The SMILES string of the molecule is Cc1ccc2c(c1)CCCN2C(=O)C1(N)CCCC(C)C1. The number of aryl methyl sites for hydroxylation is 2. The van der Waals surface area contributed by atoms with Gasteiger partial charge in [0.1, 0.15) is 0 Å². The Morgan fingerprint density at radius 3 is 2.95 bits per heavy atom. The summed E-state index contributed by atoms with van der Waals surface area (Å²) in [6, 6.07) is 6.40. The predicted octanol–water partition coefficient (Wildman–Crippen LogP) is 3.18. The lowest BCUT2D eigenvalue weighted by Crippen LogP contribution is -2.58. The number of benzene rings is 1. The number of nitrogens with zero attached hydrogens (tertiary/aromatic N) is 1. The van der Waals surface area contributed by atoms with Gasteiger partial charge in [-0.25, -0.2) is 0 Å². The molecule has 2 N–H and O–H groups in total. The molecule has 3 heteroatoms. The molecule has 1 aromatic rings. The standard InChI is InChI=1S/C18H26N2O/c1-13-7-8-16-15(11-13)6-4-10-20(16)17(21)18(19)9-3-5-14(2)12-18/h7-8,11,14H,3-6,9-10,12,19H2,1-2H3.